The van der Waals surface area contributed by atoms with E-state index in [-0.39, 0.29) is 12.1 Å². The third-order valence-corrected chi connectivity index (χ3v) is 5.25. The Labute approximate surface area is 164 Å². The first-order chi connectivity index (χ1) is 13.1. The number of methoxy groups -OCH3 is 1. The van der Waals surface area contributed by atoms with Crippen LogP contribution in [0.1, 0.15) is 34.7 Å². The first-order valence-corrected chi connectivity index (χ1v) is 9.30. The van der Waals surface area contributed by atoms with E-state index in [4.69, 9.17) is 17.0 Å². The Morgan fingerprint density at radius 3 is 2.63 bits per heavy atom. The summed E-state index contributed by atoms with van der Waals surface area (Å²) in [5, 5.41) is 4.16. The summed E-state index contributed by atoms with van der Waals surface area (Å²) >= 11 is 5.74. The molecule has 3 heterocycles. The zero-order valence-electron chi connectivity index (χ0n) is 15.6. The van der Waals surface area contributed by atoms with E-state index in [9.17, 15) is 0 Å². The number of H-pyrrole nitrogens is 1. The fourth-order valence-electron chi connectivity index (χ4n) is 3.76. The fraction of sp³-hybridized carbons (Fsp3) is 0.238. The number of anilines is 1. The molecule has 3 aromatic rings. The molecular formula is C21H22N4OS. The van der Waals surface area contributed by atoms with Crippen LogP contribution in [0, 0.1) is 13.8 Å². The van der Waals surface area contributed by atoms with Crippen molar-refractivity contribution >= 4 is 23.0 Å². The van der Waals surface area contributed by atoms with Gasteiger partial charge in [0.2, 0.25) is 0 Å². The van der Waals surface area contributed by atoms with Gasteiger partial charge in [0.1, 0.15) is 5.75 Å². The molecule has 1 aliphatic heterocycles. The molecular weight excluding hydrogens is 356 g/mol. The SMILES string of the molecule is COc1cccc(N2C(=S)N[C@@H](c3ccccn3)[C@@H]2c2cc(C)[nH]c2C)c1. The van der Waals surface area contributed by atoms with Gasteiger partial charge in [0, 0.05) is 29.3 Å². The molecule has 0 amide bonds. The van der Waals surface area contributed by atoms with Crippen molar-refractivity contribution in [3.63, 3.8) is 0 Å². The maximum absolute atomic E-state index is 5.74. The molecule has 0 spiro atoms. The topological polar surface area (TPSA) is 53.2 Å². The monoisotopic (exact) mass is 378 g/mol. The minimum Gasteiger partial charge on any atom is -0.497 e. The molecule has 1 saturated heterocycles. The molecule has 6 heteroatoms. The van der Waals surface area contributed by atoms with Crippen LogP contribution in [-0.4, -0.2) is 22.2 Å². The molecule has 0 bridgehead atoms. The molecule has 138 valence electrons. The van der Waals surface area contributed by atoms with Crippen LogP contribution >= 0.6 is 12.2 Å². The largest absolute Gasteiger partial charge is 0.497 e. The lowest BCUT2D eigenvalue weighted by Gasteiger charge is -2.28. The maximum Gasteiger partial charge on any atom is 0.174 e. The number of ether oxygens (including phenoxy) is 1. The third kappa shape index (κ3) is 3.17. The van der Waals surface area contributed by atoms with Crippen molar-refractivity contribution in [2.45, 2.75) is 25.9 Å². The van der Waals surface area contributed by atoms with Crippen LogP contribution in [0.15, 0.2) is 54.7 Å². The third-order valence-electron chi connectivity index (χ3n) is 4.94. The summed E-state index contributed by atoms with van der Waals surface area (Å²) in [5.74, 6) is 0.803. The number of aryl methyl sites for hydroxylation is 2. The Balaban J connectivity index is 1.85. The second kappa shape index (κ2) is 7.04. The molecule has 5 nitrogen and oxygen atoms in total. The van der Waals surface area contributed by atoms with E-state index in [0.29, 0.717) is 5.11 Å². The molecule has 1 aliphatic rings. The normalized spacial score (nSPS) is 19.2. The van der Waals surface area contributed by atoms with Crippen molar-refractivity contribution in [1.29, 1.82) is 0 Å². The highest BCUT2D eigenvalue weighted by Crippen LogP contribution is 2.43. The minimum absolute atomic E-state index is 0.00976. The number of rotatable bonds is 4. The number of thiocarbonyl (C=S) groups is 1. The summed E-state index contributed by atoms with van der Waals surface area (Å²) in [4.78, 5) is 10.2. The number of nitrogens with zero attached hydrogens (tertiary/aromatic N) is 2. The van der Waals surface area contributed by atoms with Crippen LogP contribution in [0.2, 0.25) is 0 Å². The standard InChI is InChI=1S/C21H22N4OS/c1-13-11-17(14(2)23-13)20-19(18-9-4-5-10-22-18)24-21(27)25(20)15-7-6-8-16(12-15)26-3/h4-12,19-20,23H,1-3H3,(H,24,27)/t19-,20-/m0/s1. The van der Waals surface area contributed by atoms with Gasteiger partial charge in [0.15, 0.2) is 5.11 Å². The van der Waals surface area contributed by atoms with Crippen LogP contribution in [0.3, 0.4) is 0 Å². The van der Waals surface area contributed by atoms with Crippen molar-refractivity contribution in [1.82, 2.24) is 15.3 Å². The van der Waals surface area contributed by atoms with Crippen LogP contribution in [0.5, 0.6) is 5.75 Å². The van der Waals surface area contributed by atoms with Crippen LogP contribution in [-0.2, 0) is 0 Å². The van der Waals surface area contributed by atoms with Gasteiger partial charge in [-0.25, -0.2) is 0 Å². The summed E-state index contributed by atoms with van der Waals surface area (Å²) in [5.41, 5.74) is 5.43. The van der Waals surface area contributed by atoms with Crippen molar-refractivity contribution in [3.8, 4) is 5.75 Å². The van der Waals surface area contributed by atoms with Gasteiger partial charge < -0.3 is 19.9 Å². The van der Waals surface area contributed by atoms with E-state index < -0.39 is 0 Å². The number of aromatic nitrogens is 2. The Bertz CT molecular complexity index is 969. The Morgan fingerprint density at radius 2 is 1.96 bits per heavy atom. The second-order valence-electron chi connectivity index (χ2n) is 6.73. The predicted octanol–water partition coefficient (Wildman–Crippen LogP) is 4.21. The van der Waals surface area contributed by atoms with Gasteiger partial charge in [-0.2, -0.15) is 0 Å². The zero-order valence-corrected chi connectivity index (χ0v) is 16.4. The Kier molecular flexibility index (Phi) is 4.58. The Morgan fingerprint density at radius 1 is 1.11 bits per heavy atom. The minimum atomic E-state index is -0.0428. The van der Waals surface area contributed by atoms with Gasteiger partial charge in [0.25, 0.3) is 0 Å². The van der Waals surface area contributed by atoms with E-state index in [1.165, 1.54) is 5.56 Å². The molecule has 0 saturated carbocycles. The number of pyridine rings is 1. The predicted molar refractivity (Wildman–Crippen MR) is 111 cm³/mol. The average Bonchev–Trinajstić information content (AvgIpc) is 3.20. The van der Waals surface area contributed by atoms with E-state index in [1.54, 1.807) is 7.11 Å². The van der Waals surface area contributed by atoms with Gasteiger partial charge in [0.05, 0.1) is 24.9 Å². The number of hydrogen-bond donors (Lipinski definition) is 2. The quantitative estimate of drug-likeness (QED) is 0.666. The van der Waals surface area contributed by atoms with Gasteiger partial charge in [-0.05, 0) is 62.0 Å². The molecule has 2 aromatic heterocycles. The van der Waals surface area contributed by atoms with Crippen LogP contribution < -0.4 is 15.0 Å². The molecule has 0 unspecified atom stereocenters. The van der Waals surface area contributed by atoms with E-state index in [2.05, 4.69) is 46.2 Å². The van der Waals surface area contributed by atoms with E-state index in [1.807, 2.05) is 42.6 Å². The van der Waals surface area contributed by atoms with Crippen molar-refractivity contribution in [3.05, 3.63) is 77.4 Å². The second-order valence-corrected chi connectivity index (χ2v) is 7.12. The zero-order chi connectivity index (χ0) is 19.0. The number of benzene rings is 1. The highest BCUT2D eigenvalue weighted by molar-refractivity contribution is 7.80. The summed E-state index contributed by atoms with van der Waals surface area (Å²) in [6.45, 7) is 4.17. The summed E-state index contributed by atoms with van der Waals surface area (Å²) in [7, 11) is 1.67. The van der Waals surface area contributed by atoms with Crippen molar-refractivity contribution in [2.75, 3.05) is 12.0 Å². The Hall–Kier alpha value is -2.86. The highest BCUT2D eigenvalue weighted by Gasteiger charge is 2.41. The van der Waals surface area contributed by atoms with Crippen LogP contribution in [0.25, 0.3) is 0 Å². The fourth-order valence-corrected chi connectivity index (χ4v) is 4.11. The lowest BCUT2D eigenvalue weighted by Crippen LogP contribution is -2.29. The summed E-state index contributed by atoms with van der Waals surface area (Å²) < 4.78 is 5.42. The number of aromatic amines is 1. The molecule has 0 radical (unpaired) electrons. The van der Waals surface area contributed by atoms with E-state index in [0.717, 1.165) is 28.5 Å². The molecule has 0 aliphatic carbocycles. The number of hydrogen-bond acceptors (Lipinski definition) is 3. The molecule has 4 rings (SSSR count). The summed E-state index contributed by atoms with van der Waals surface area (Å²) in [6, 6.07) is 16.1. The number of nitrogens with one attached hydrogen (secondary N) is 2. The molecule has 1 fully saturated rings. The lowest BCUT2D eigenvalue weighted by atomic mass is 9.96. The molecule has 2 atom stereocenters. The van der Waals surface area contributed by atoms with Crippen molar-refractivity contribution in [2.24, 2.45) is 0 Å². The average molecular weight is 379 g/mol. The molecule has 27 heavy (non-hydrogen) atoms. The first kappa shape index (κ1) is 17.5. The van der Waals surface area contributed by atoms with E-state index >= 15 is 0 Å². The smallest absolute Gasteiger partial charge is 0.174 e. The lowest BCUT2D eigenvalue weighted by molar-refractivity contribution is 0.415. The van der Waals surface area contributed by atoms with Crippen molar-refractivity contribution < 1.29 is 4.74 Å². The maximum atomic E-state index is 5.74. The van der Waals surface area contributed by atoms with Gasteiger partial charge in [-0.15, -0.1) is 0 Å². The van der Waals surface area contributed by atoms with Gasteiger partial charge in [-0.3, -0.25) is 4.98 Å². The van der Waals surface area contributed by atoms with Gasteiger partial charge >= 0.3 is 0 Å². The van der Waals surface area contributed by atoms with Crippen LogP contribution in [0.4, 0.5) is 5.69 Å². The molecule has 1 aromatic carbocycles. The molecule has 2 N–H and O–H groups in total. The highest BCUT2D eigenvalue weighted by atomic mass is 32.1. The summed E-state index contributed by atoms with van der Waals surface area (Å²) in [6.07, 6.45) is 1.82. The van der Waals surface area contributed by atoms with Gasteiger partial charge in [-0.1, -0.05) is 12.1 Å². The first-order valence-electron chi connectivity index (χ1n) is 8.89.